The number of aromatic hydroxyl groups is 1. The van der Waals surface area contributed by atoms with Crippen LogP contribution in [0.25, 0.3) is 0 Å². The van der Waals surface area contributed by atoms with Crippen molar-refractivity contribution in [2.24, 2.45) is 34.8 Å². The highest BCUT2D eigenvalue weighted by molar-refractivity contribution is 6.07. The lowest BCUT2D eigenvalue weighted by Gasteiger charge is -2.58. The van der Waals surface area contributed by atoms with Gasteiger partial charge in [-0.2, -0.15) is 0 Å². The average Bonchev–Trinajstić information content (AvgIpc) is 3.28. The molecule has 12 heteroatoms. The summed E-state index contributed by atoms with van der Waals surface area (Å²) < 4.78 is 7.75. The minimum atomic E-state index is -0.804. The van der Waals surface area contributed by atoms with Crippen molar-refractivity contribution in [3.63, 3.8) is 0 Å². The van der Waals surface area contributed by atoms with Gasteiger partial charge in [-0.3, -0.25) is 29.0 Å². The highest BCUT2D eigenvalue weighted by atomic mass is 16.5. The lowest BCUT2D eigenvalue weighted by molar-refractivity contribution is -0.152. The van der Waals surface area contributed by atoms with Gasteiger partial charge in [0.25, 0.3) is 11.5 Å². The molecule has 39 heavy (non-hydrogen) atoms. The molecular weight excluding hydrogens is 504 g/mol. The van der Waals surface area contributed by atoms with Crippen molar-refractivity contribution in [2.45, 2.75) is 69.5 Å². The summed E-state index contributed by atoms with van der Waals surface area (Å²) in [7, 11) is 1.55. The SMILES string of the molecule is CN1C(=O)N(CC2COC2)C2(CC3(CCC(n4c(=O)c(C(=N)N)c(O)n(CC5C6CCC65)c4=O)CC3)C2)C1=O. The van der Waals surface area contributed by atoms with Crippen LogP contribution in [0.3, 0.4) is 0 Å². The Morgan fingerprint density at radius 2 is 1.69 bits per heavy atom. The first-order chi connectivity index (χ1) is 18.6. The number of nitrogens with one attached hydrogen (secondary N) is 1. The van der Waals surface area contributed by atoms with Gasteiger partial charge >= 0.3 is 11.7 Å². The lowest BCUT2D eigenvalue weighted by atomic mass is 9.51. The molecule has 0 radical (unpaired) electrons. The number of carbonyl (C=O) groups excluding carboxylic acids is 2. The first-order valence-corrected chi connectivity index (χ1v) is 14.2. The topological polar surface area (TPSA) is 164 Å². The monoisotopic (exact) mass is 540 g/mol. The summed E-state index contributed by atoms with van der Waals surface area (Å²) in [6, 6.07) is -0.618. The minimum absolute atomic E-state index is 0.123. The Labute approximate surface area is 225 Å². The van der Waals surface area contributed by atoms with Crippen molar-refractivity contribution in [3.05, 3.63) is 26.4 Å². The molecule has 210 valence electrons. The van der Waals surface area contributed by atoms with Crippen LogP contribution in [0.4, 0.5) is 4.79 Å². The van der Waals surface area contributed by atoms with Crippen LogP contribution >= 0.6 is 0 Å². The molecule has 6 aliphatic rings. The number of amidine groups is 1. The number of nitrogen functional groups attached to an aromatic ring is 1. The predicted octanol–water partition coefficient (Wildman–Crippen LogP) is 0.830. The van der Waals surface area contributed by atoms with E-state index in [2.05, 4.69) is 0 Å². The van der Waals surface area contributed by atoms with Gasteiger partial charge < -0.3 is 20.5 Å². The van der Waals surface area contributed by atoms with Crippen molar-refractivity contribution in [2.75, 3.05) is 26.8 Å². The Kier molecular flexibility index (Phi) is 5.22. The third-order valence-electron chi connectivity index (χ3n) is 11.0. The zero-order valence-corrected chi connectivity index (χ0v) is 22.2. The fourth-order valence-corrected chi connectivity index (χ4v) is 8.50. The maximum absolute atomic E-state index is 13.6. The van der Waals surface area contributed by atoms with Crippen LogP contribution in [0.15, 0.2) is 9.59 Å². The van der Waals surface area contributed by atoms with Gasteiger partial charge in [0.15, 0.2) is 0 Å². The quantitative estimate of drug-likeness (QED) is 0.273. The molecule has 1 aromatic rings. The number of urea groups is 1. The van der Waals surface area contributed by atoms with Crippen LogP contribution in [0.1, 0.15) is 63.0 Å². The van der Waals surface area contributed by atoms with Crippen LogP contribution in [-0.4, -0.2) is 74.2 Å². The molecule has 2 atom stereocenters. The largest absolute Gasteiger partial charge is 0.494 e. The van der Waals surface area contributed by atoms with Gasteiger partial charge in [-0.05, 0) is 74.5 Å². The number of carbonyl (C=O) groups is 2. The van der Waals surface area contributed by atoms with E-state index in [1.54, 1.807) is 11.9 Å². The van der Waals surface area contributed by atoms with Crippen molar-refractivity contribution in [3.8, 4) is 5.88 Å². The molecule has 3 heterocycles. The van der Waals surface area contributed by atoms with E-state index in [9.17, 15) is 24.3 Å². The number of rotatable bonds is 6. The molecule has 3 amide bonds. The normalized spacial score (nSPS) is 37.1. The fraction of sp³-hybridized carbons (Fsp3) is 0.741. The number of hydrogen-bond acceptors (Lipinski definition) is 7. The summed E-state index contributed by atoms with van der Waals surface area (Å²) in [5, 5.41) is 18.7. The smallest absolute Gasteiger partial charge is 0.334 e. The standard InChI is InChI=1S/C27H36N6O6/c1-30-23(36)27(32(24(30)37)8-14-10-39-11-14)12-26(13-27)6-4-15(5-7-26)33-22(35)19(20(28)29)21(34)31(25(33)38)9-18-16-2-3-17(16)18/h14-18,34H,2-13H2,1H3,(H3,28,29). The van der Waals surface area contributed by atoms with Crippen LogP contribution in [0, 0.1) is 34.5 Å². The number of nitrogens with zero attached hydrogens (tertiary/aromatic N) is 4. The number of ether oxygens (including phenoxy) is 1. The highest BCUT2D eigenvalue weighted by Crippen LogP contribution is 2.63. The molecule has 12 nitrogen and oxygen atoms in total. The molecule has 2 saturated heterocycles. The lowest BCUT2D eigenvalue weighted by Crippen LogP contribution is -2.65. The molecule has 2 unspecified atom stereocenters. The third-order valence-corrected chi connectivity index (χ3v) is 11.0. The summed E-state index contributed by atoms with van der Waals surface area (Å²) in [6.07, 6.45) is 6.02. The second kappa shape index (κ2) is 8.18. The number of nitrogens with two attached hydrogens (primary N) is 1. The molecule has 4 N–H and O–H groups in total. The van der Waals surface area contributed by atoms with Gasteiger partial charge in [-0.1, -0.05) is 0 Å². The summed E-state index contributed by atoms with van der Waals surface area (Å²) in [5.74, 6) is 0.549. The summed E-state index contributed by atoms with van der Waals surface area (Å²) in [4.78, 5) is 56.1. The summed E-state index contributed by atoms with van der Waals surface area (Å²) >= 11 is 0. The first kappa shape index (κ1) is 24.9. The Hall–Kier alpha value is -3.15. The summed E-state index contributed by atoms with van der Waals surface area (Å²) in [6.45, 7) is 2.07. The Morgan fingerprint density at radius 1 is 1.05 bits per heavy atom. The number of aromatic nitrogens is 2. The molecule has 2 aliphatic heterocycles. The van der Waals surface area contributed by atoms with Crippen LogP contribution in [0.5, 0.6) is 5.88 Å². The molecule has 6 fully saturated rings. The minimum Gasteiger partial charge on any atom is -0.494 e. The van der Waals surface area contributed by atoms with Gasteiger partial charge in [-0.25, -0.2) is 9.59 Å². The van der Waals surface area contributed by atoms with E-state index in [0.717, 1.165) is 25.7 Å². The molecule has 2 spiro atoms. The molecule has 0 aromatic carbocycles. The predicted molar refractivity (Wildman–Crippen MR) is 138 cm³/mol. The highest BCUT2D eigenvalue weighted by Gasteiger charge is 2.68. The first-order valence-electron chi connectivity index (χ1n) is 14.2. The zero-order chi connectivity index (χ0) is 27.4. The fourth-order valence-electron chi connectivity index (χ4n) is 8.50. The average molecular weight is 541 g/mol. The number of amides is 3. The van der Waals surface area contributed by atoms with Crippen molar-refractivity contribution >= 4 is 17.8 Å². The summed E-state index contributed by atoms with van der Waals surface area (Å²) in [5.41, 5.74) is 3.22. The van der Waals surface area contributed by atoms with Crippen molar-refractivity contribution < 1.29 is 19.4 Å². The molecule has 4 aliphatic carbocycles. The second-order valence-corrected chi connectivity index (χ2v) is 13.0. The number of imide groups is 1. The van der Waals surface area contributed by atoms with Gasteiger partial charge in [0.1, 0.15) is 16.9 Å². The molecular formula is C27H36N6O6. The maximum atomic E-state index is 13.6. The van der Waals surface area contributed by atoms with Gasteiger partial charge in [-0.15, -0.1) is 0 Å². The Balaban J connectivity index is 1.12. The second-order valence-electron chi connectivity index (χ2n) is 13.0. The van der Waals surface area contributed by atoms with Crippen LogP contribution in [0.2, 0.25) is 0 Å². The maximum Gasteiger partial charge on any atom is 0.334 e. The van der Waals surface area contributed by atoms with E-state index in [-0.39, 0.29) is 34.9 Å². The van der Waals surface area contributed by atoms with Crippen molar-refractivity contribution in [1.82, 2.24) is 18.9 Å². The van der Waals surface area contributed by atoms with E-state index in [1.807, 2.05) is 0 Å². The van der Waals surface area contributed by atoms with Gasteiger partial charge in [0, 0.05) is 32.1 Å². The van der Waals surface area contributed by atoms with Crippen molar-refractivity contribution in [1.29, 1.82) is 5.41 Å². The van der Waals surface area contributed by atoms with E-state index in [1.165, 1.54) is 14.0 Å². The molecule has 0 bridgehead atoms. The molecule has 1 aromatic heterocycles. The molecule has 7 rings (SSSR count). The molecule has 4 saturated carbocycles. The number of fused-ring (bicyclic) bond motifs is 1. The Bertz CT molecular complexity index is 1380. The Morgan fingerprint density at radius 3 is 2.23 bits per heavy atom. The van der Waals surface area contributed by atoms with Crippen LogP contribution in [-0.2, 0) is 16.1 Å². The van der Waals surface area contributed by atoms with E-state index >= 15 is 0 Å². The van der Waals surface area contributed by atoms with Gasteiger partial charge in [0.05, 0.1) is 13.2 Å². The van der Waals surface area contributed by atoms with E-state index in [4.69, 9.17) is 15.9 Å². The number of hydrogen-bond donors (Lipinski definition) is 3. The van der Waals surface area contributed by atoms with Gasteiger partial charge in [0.2, 0.25) is 5.88 Å². The van der Waals surface area contributed by atoms with Crippen LogP contribution < -0.4 is 17.0 Å². The van der Waals surface area contributed by atoms with E-state index in [0.29, 0.717) is 69.7 Å². The number of likely N-dealkylation sites (N-methyl/N-ethyl adjacent to an activating group) is 1. The third kappa shape index (κ3) is 3.36. The zero-order valence-electron chi connectivity index (χ0n) is 22.2. The van der Waals surface area contributed by atoms with E-state index < -0.39 is 28.5 Å².